The quantitative estimate of drug-likeness (QED) is 0.556. The highest BCUT2D eigenvalue weighted by Crippen LogP contribution is 2.32. The van der Waals surface area contributed by atoms with Gasteiger partial charge in [-0.1, -0.05) is 64.6 Å². The van der Waals surface area contributed by atoms with Gasteiger partial charge in [-0.3, -0.25) is 4.79 Å². The van der Waals surface area contributed by atoms with Crippen molar-refractivity contribution in [2.45, 2.75) is 23.8 Å². The van der Waals surface area contributed by atoms with Gasteiger partial charge in [0, 0.05) is 5.69 Å². The van der Waals surface area contributed by atoms with Crippen LogP contribution in [0.25, 0.3) is 0 Å². The summed E-state index contributed by atoms with van der Waals surface area (Å²) >= 11 is 18.2. The van der Waals surface area contributed by atoms with Crippen LogP contribution in [-0.4, -0.2) is 23.0 Å². The first-order chi connectivity index (χ1) is 11.7. The van der Waals surface area contributed by atoms with Crippen LogP contribution in [0.5, 0.6) is 5.75 Å². The van der Waals surface area contributed by atoms with Crippen molar-refractivity contribution in [1.29, 1.82) is 0 Å². The van der Waals surface area contributed by atoms with Gasteiger partial charge >= 0.3 is 0 Å². The molecule has 0 heterocycles. The second kappa shape index (κ2) is 8.17. The normalized spacial score (nSPS) is 12.4. The third-order valence-corrected chi connectivity index (χ3v) is 4.29. The molecule has 1 amide bonds. The summed E-state index contributed by atoms with van der Waals surface area (Å²) < 4.78 is 3.45. The Hall–Kier alpha value is -1.62. The molecule has 4 nitrogen and oxygen atoms in total. The van der Waals surface area contributed by atoms with E-state index in [0.29, 0.717) is 11.3 Å². The van der Waals surface area contributed by atoms with Crippen LogP contribution in [-0.2, 0) is 0 Å². The predicted octanol–water partition coefficient (Wildman–Crippen LogP) is 4.85. The van der Waals surface area contributed by atoms with Gasteiger partial charge in [-0.25, -0.2) is 0 Å². The Labute approximate surface area is 162 Å². The Kier molecular flexibility index (Phi) is 6.44. The molecule has 2 aromatic carbocycles. The molecule has 7 heteroatoms. The minimum atomic E-state index is -1.75. The number of methoxy groups -OCH3 is 1. The molecule has 0 aliphatic rings. The molecule has 0 bridgehead atoms. The topological polar surface area (TPSA) is 50.4 Å². The second-order valence-electron chi connectivity index (χ2n) is 5.61. The van der Waals surface area contributed by atoms with Crippen LogP contribution in [0.15, 0.2) is 42.5 Å². The summed E-state index contributed by atoms with van der Waals surface area (Å²) in [7, 11) is 1.49. The lowest BCUT2D eigenvalue weighted by Crippen LogP contribution is -2.49. The Morgan fingerprint density at radius 3 is 2.40 bits per heavy atom. The average Bonchev–Trinajstić information content (AvgIpc) is 2.55. The first-order valence-electron chi connectivity index (χ1n) is 7.56. The number of amides is 1. The summed E-state index contributed by atoms with van der Waals surface area (Å²) in [5, 5.41) is 5.80. The van der Waals surface area contributed by atoms with E-state index in [-0.39, 0.29) is 0 Å². The lowest BCUT2D eigenvalue weighted by atomic mass is 10.1. The van der Waals surface area contributed by atoms with Gasteiger partial charge in [0.25, 0.3) is 5.91 Å². The Morgan fingerprint density at radius 2 is 1.80 bits per heavy atom. The zero-order valence-corrected chi connectivity index (χ0v) is 16.3. The number of nitrogens with one attached hydrogen (secondary N) is 2. The van der Waals surface area contributed by atoms with Crippen LogP contribution >= 0.6 is 34.8 Å². The van der Waals surface area contributed by atoms with Crippen molar-refractivity contribution in [2.75, 3.05) is 12.4 Å². The molecule has 25 heavy (non-hydrogen) atoms. The highest BCUT2D eigenvalue weighted by atomic mass is 35.6. The average molecular weight is 402 g/mol. The predicted molar refractivity (Wildman–Crippen MR) is 104 cm³/mol. The highest BCUT2D eigenvalue weighted by Gasteiger charge is 2.35. The van der Waals surface area contributed by atoms with Crippen molar-refractivity contribution in [3.05, 3.63) is 59.2 Å². The monoisotopic (exact) mass is 400 g/mol. The third-order valence-electron chi connectivity index (χ3n) is 3.64. The number of hydrogen-bond donors (Lipinski definition) is 2. The maximum Gasteiger partial charge on any atom is 0.256 e. The van der Waals surface area contributed by atoms with Crippen LogP contribution in [0.3, 0.4) is 0 Å². The fraction of sp³-hybridized carbons (Fsp3) is 0.278. The Bertz CT molecular complexity index is 760. The number of carbonyl (C=O) groups is 1. The van der Waals surface area contributed by atoms with E-state index >= 15 is 0 Å². The number of para-hydroxylation sites is 1. The van der Waals surface area contributed by atoms with Crippen molar-refractivity contribution < 1.29 is 9.53 Å². The second-order valence-corrected chi connectivity index (χ2v) is 7.98. The summed E-state index contributed by atoms with van der Waals surface area (Å²) in [5.41, 5.74) is 3.21. The van der Waals surface area contributed by atoms with Crippen molar-refractivity contribution in [2.24, 2.45) is 0 Å². The minimum absolute atomic E-state index is 0.353. The summed E-state index contributed by atoms with van der Waals surface area (Å²) in [4.78, 5) is 12.6. The molecule has 0 aromatic heterocycles. The van der Waals surface area contributed by atoms with Gasteiger partial charge in [0.15, 0.2) is 0 Å². The molecule has 0 aliphatic carbocycles. The maximum atomic E-state index is 12.6. The highest BCUT2D eigenvalue weighted by molar-refractivity contribution is 6.68. The van der Waals surface area contributed by atoms with Crippen LogP contribution in [0.1, 0.15) is 21.5 Å². The lowest BCUT2D eigenvalue weighted by molar-refractivity contribution is 0.0939. The standard InChI is InChI=1S/C18H19Cl3N2O2/c1-11-8-9-14(12(2)10-11)22-17(18(19,20)21)23-16(24)13-6-4-5-7-15(13)25-3/h4-10,17,22H,1-3H3,(H,23,24)/t17-/m0/s1. The van der Waals surface area contributed by atoms with Gasteiger partial charge in [-0.05, 0) is 37.6 Å². The van der Waals surface area contributed by atoms with Crippen LogP contribution < -0.4 is 15.4 Å². The van der Waals surface area contributed by atoms with Gasteiger partial charge in [0.1, 0.15) is 11.9 Å². The maximum absolute atomic E-state index is 12.6. The SMILES string of the molecule is COc1ccccc1C(=O)N[C@H](Nc1ccc(C)cc1C)C(Cl)(Cl)Cl. The van der Waals surface area contributed by atoms with Crippen LogP contribution in [0.2, 0.25) is 0 Å². The molecule has 2 aromatic rings. The molecule has 0 radical (unpaired) electrons. The third kappa shape index (κ3) is 5.18. The largest absolute Gasteiger partial charge is 0.496 e. The first kappa shape index (κ1) is 19.7. The van der Waals surface area contributed by atoms with Crippen LogP contribution in [0.4, 0.5) is 5.69 Å². The number of benzene rings is 2. The smallest absolute Gasteiger partial charge is 0.256 e. The molecular formula is C18H19Cl3N2O2. The fourth-order valence-electron chi connectivity index (χ4n) is 2.37. The van der Waals surface area contributed by atoms with E-state index in [1.54, 1.807) is 24.3 Å². The number of alkyl halides is 3. The van der Waals surface area contributed by atoms with E-state index in [4.69, 9.17) is 39.5 Å². The molecule has 0 fully saturated rings. The number of anilines is 1. The van der Waals surface area contributed by atoms with Crippen molar-refractivity contribution in [1.82, 2.24) is 5.32 Å². The summed E-state index contributed by atoms with van der Waals surface area (Å²) in [6.45, 7) is 3.93. The Morgan fingerprint density at radius 1 is 1.12 bits per heavy atom. The number of ether oxygens (including phenoxy) is 1. The van der Waals surface area contributed by atoms with Gasteiger partial charge in [-0.15, -0.1) is 0 Å². The van der Waals surface area contributed by atoms with Crippen molar-refractivity contribution >= 4 is 46.4 Å². The van der Waals surface area contributed by atoms with Crippen molar-refractivity contribution in [3.63, 3.8) is 0 Å². The Balaban J connectivity index is 2.25. The summed E-state index contributed by atoms with van der Waals surface area (Å²) in [5.74, 6) is 0.0284. The van der Waals surface area contributed by atoms with Gasteiger partial charge < -0.3 is 15.4 Å². The van der Waals surface area contributed by atoms with E-state index in [1.165, 1.54) is 7.11 Å². The zero-order chi connectivity index (χ0) is 18.6. The summed E-state index contributed by atoms with van der Waals surface area (Å²) in [6, 6.07) is 12.7. The number of carbonyl (C=O) groups excluding carboxylic acids is 1. The molecule has 0 saturated carbocycles. The van der Waals surface area contributed by atoms with E-state index in [2.05, 4.69) is 10.6 Å². The number of rotatable bonds is 5. The van der Waals surface area contributed by atoms with Crippen LogP contribution in [0, 0.1) is 13.8 Å². The van der Waals surface area contributed by atoms with Crippen molar-refractivity contribution in [3.8, 4) is 5.75 Å². The van der Waals surface area contributed by atoms with Gasteiger partial charge in [0.2, 0.25) is 3.79 Å². The number of hydrogen-bond acceptors (Lipinski definition) is 3. The van der Waals surface area contributed by atoms with Gasteiger partial charge in [0.05, 0.1) is 12.7 Å². The van der Waals surface area contributed by atoms with E-state index in [0.717, 1.165) is 16.8 Å². The molecular weight excluding hydrogens is 383 g/mol. The van der Waals surface area contributed by atoms with Gasteiger partial charge in [-0.2, -0.15) is 0 Å². The molecule has 0 spiro atoms. The molecule has 0 unspecified atom stereocenters. The minimum Gasteiger partial charge on any atom is -0.496 e. The van der Waals surface area contributed by atoms with E-state index < -0.39 is 15.9 Å². The molecule has 2 N–H and O–H groups in total. The number of aryl methyl sites for hydroxylation is 2. The molecule has 134 valence electrons. The molecule has 0 saturated heterocycles. The van der Waals surface area contributed by atoms with E-state index in [9.17, 15) is 4.79 Å². The molecule has 2 rings (SSSR count). The first-order valence-corrected chi connectivity index (χ1v) is 8.70. The summed E-state index contributed by atoms with van der Waals surface area (Å²) in [6.07, 6.45) is -0.934. The fourth-order valence-corrected chi connectivity index (χ4v) is 2.70. The zero-order valence-electron chi connectivity index (χ0n) is 14.1. The molecule has 1 atom stereocenters. The lowest BCUT2D eigenvalue weighted by Gasteiger charge is -2.28. The molecule has 0 aliphatic heterocycles. The van der Waals surface area contributed by atoms with E-state index in [1.807, 2.05) is 32.0 Å². The number of halogens is 3.